The number of benzene rings is 3. The van der Waals surface area contributed by atoms with Gasteiger partial charge in [-0.2, -0.15) is 0 Å². The summed E-state index contributed by atoms with van der Waals surface area (Å²) in [4.78, 5) is 30.0. The Morgan fingerprint density at radius 1 is 1.03 bits per heavy atom. The summed E-state index contributed by atoms with van der Waals surface area (Å²) < 4.78 is 15.7. The fraction of sp³-hybridized carbons (Fsp3) is 0.125. The molecule has 3 aromatic carbocycles. The minimum absolute atomic E-state index is 0.0415. The summed E-state index contributed by atoms with van der Waals surface area (Å²) in [5.41, 5.74) is 1.27. The fourth-order valence-electron chi connectivity index (χ4n) is 3.23. The van der Waals surface area contributed by atoms with Gasteiger partial charge in [-0.25, -0.2) is 9.37 Å². The van der Waals surface area contributed by atoms with Crippen molar-refractivity contribution in [2.24, 2.45) is 0 Å². The summed E-state index contributed by atoms with van der Waals surface area (Å²) in [5.74, 6) is -0.702. The van der Waals surface area contributed by atoms with Crippen LogP contribution in [0.4, 0.5) is 4.39 Å². The van der Waals surface area contributed by atoms with Gasteiger partial charge in [0.1, 0.15) is 5.82 Å². The highest BCUT2D eigenvalue weighted by atomic mass is 35.5. The summed E-state index contributed by atoms with van der Waals surface area (Å²) in [7, 11) is 0. The first-order valence-corrected chi connectivity index (χ1v) is 11.3. The third-order valence-corrected chi connectivity index (χ3v) is 6.01. The van der Waals surface area contributed by atoms with Crippen LogP contribution in [0.1, 0.15) is 5.56 Å². The number of fused-ring (bicyclic) bond motifs is 1. The number of hydrogen-bond donors (Lipinski definition) is 1. The first kappa shape index (κ1) is 22.0. The molecule has 0 aliphatic carbocycles. The van der Waals surface area contributed by atoms with Gasteiger partial charge in [-0.1, -0.05) is 59.8 Å². The van der Waals surface area contributed by atoms with Gasteiger partial charge in [-0.05, 0) is 48.4 Å². The van der Waals surface area contributed by atoms with Crippen LogP contribution in [0.2, 0.25) is 5.02 Å². The first-order chi connectivity index (χ1) is 15.5. The van der Waals surface area contributed by atoms with Gasteiger partial charge in [0.25, 0.3) is 5.56 Å². The zero-order valence-electron chi connectivity index (χ0n) is 16.9. The second kappa shape index (κ2) is 9.97. The summed E-state index contributed by atoms with van der Waals surface area (Å²) in [6.07, 6.45) is 0.668. The molecule has 0 unspecified atom stereocenters. The zero-order valence-corrected chi connectivity index (χ0v) is 18.5. The number of carbonyl (C=O) groups is 1. The molecule has 4 rings (SSSR count). The molecule has 0 saturated heterocycles. The van der Waals surface area contributed by atoms with Crippen molar-refractivity contribution in [1.82, 2.24) is 14.9 Å². The smallest absolute Gasteiger partial charge is 0.266 e. The standard InChI is InChI=1S/C24H19ClFN3O2S/c25-17-11-9-16(10-12-17)13-14-27-22(30)15-32-24-28-20-7-3-1-5-18(20)23(31)29(24)21-8-4-2-6-19(21)26/h1-12H,13-15H2,(H,27,30). The molecular formula is C24H19ClFN3O2S. The summed E-state index contributed by atoms with van der Waals surface area (Å²) in [6.45, 7) is 0.465. The molecule has 1 heterocycles. The van der Waals surface area contributed by atoms with Gasteiger partial charge in [0.2, 0.25) is 5.91 Å². The molecule has 0 atom stereocenters. The fourth-order valence-corrected chi connectivity index (χ4v) is 4.19. The first-order valence-electron chi connectivity index (χ1n) is 9.93. The molecule has 0 radical (unpaired) electrons. The average Bonchev–Trinajstić information content (AvgIpc) is 2.80. The van der Waals surface area contributed by atoms with Crippen molar-refractivity contribution in [2.75, 3.05) is 12.3 Å². The Morgan fingerprint density at radius 2 is 1.75 bits per heavy atom. The van der Waals surface area contributed by atoms with Crippen LogP contribution >= 0.6 is 23.4 Å². The van der Waals surface area contributed by atoms with E-state index in [1.165, 1.54) is 16.7 Å². The highest BCUT2D eigenvalue weighted by Gasteiger charge is 2.16. The van der Waals surface area contributed by atoms with Crippen LogP contribution in [0, 0.1) is 5.82 Å². The maximum Gasteiger partial charge on any atom is 0.266 e. The lowest BCUT2D eigenvalue weighted by Crippen LogP contribution is -2.28. The van der Waals surface area contributed by atoms with E-state index in [0.717, 1.165) is 17.3 Å². The predicted molar refractivity (Wildman–Crippen MR) is 126 cm³/mol. The maximum absolute atomic E-state index is 14.5. The summed E-state index contributed by atoms with van der Waals surface area (Å²) >= 11 is 6.98. The molecule has 1 aromatic heterocycles. The van der Waals surface area contributed by atoms with Gasteiger partial charge in [0, 0.05) is 11.6 Å². The number of para-hydroxylation sites is 2. The maximum atomic E-state index is 14.5. The molecule has 1 N–H and O–H groups in total. The lowest BCUT2D eigenvalue weighted by Gasteiger charge is -2.14. The molecule has 0 bridgehead atoms. The Labute approximate surface area is 193 Å². The van der Waals surface area contributed by atoms with Crippen molar-refractivity contribution in [3.05, 3.63) is 99.6 Å². The quantitative estimate of drug-likeness (QED) is 0.318. The largest absolute Gasteiger partial charge is 0.355 e. The van der Waals surface area contributed by atoms with Crippen LogP contribution in [0.3, 0.4) is 0 Å². The molecule has 4 aromatic rings. The van der Waals surface area contributed by atoms with Crippen LogP contribution < -0.4 is 10.9 Å². The second-order valence-electron chi connectivity index (χ2n) is 7.02. The van der Waals surface area contributed by atoms with Gasteiger partial charge in [0.05, 0.1) is 22.3 Å². The number of nitrogens with one attached hydrogen (secondary N) is 1. The molecule has 162 valence electrons. The van der Waals surface area contributed by atoms with E-state index in [1.807, 2.05) is 24.3 Å². The van der Waals surface area contributed by atoms with E-state index < -0.39 is 5.82 Å². The second-order valence-corrected chi connectivity index (χ2v) is 8.40. The third kappa shape index (κ3) is 5.00. The SMILES string of the molecule is O=C(CSc1nc2ccccc2c(=O)n1-c1ccccc1F)NCCc1ccc(Cl)cc1. The molecule has 32 heavy (non-hydrogen) atoms. The lowest BCUT2D eigenvalue weighted by molar-refractivity contribution is -0.118. The minimum atomic E-state index is -0.541. The van der Waals surface area contributed by atoms with E-state index in [9.17, 15) is 14.0 Å². The van der Waals surface area contributed by atoms with Crippen molar-refractivity contribution in [2.45, 2.75) is 11.6 Å². The van der Waals surface area contributed by atoms with Crippen LogP contribution in [0.5, 0.6) is 0 Å². The van der Waals surface area contributed by atoms with E-state index in [1.54, 1.807) is 36.4 Å². The van der Waals surface area contributed by atoms with Gasteiger partial charge >= 0.3 is 0 Å². The Hall–Kier alpha value is -3.16. The molecular weight excluding hydrogens is 449 g/mol. The van der Waals surface area contributed by atoms with E-state index in [4.69, 9.17) is 11.6 Å². The number of rotatable bonds is 7. The van der Waals surface area contributed by atoms with Gasteiger partial charge in [-0.15, -0.1) is 0 Å². The molecule has 1 amide bonds. The van der Waals surface area contributed by atoms with Crippen LogP contribution in [-0.4, -0.2) is 27.8 Å². The highest BCUT2D eigenvalue weighted by molar-refractivity contribution is 7.99. The van der Waals surface area contributed by atoms with Gasteiger partial charge in [0.15, 0.2) is 5.16 Å². The summed E-state index contributed by atoms with van der Waals surface area (Å²) in [5, 5.41) is 4.16. The van der Waals surface area contributed by atoms with Crippen LogP contribution in [0.15, 0.2) is 82.7 Å². The van der Waals surface area contributed by atoms with E-state index >= 15 is 0 Å². The molecule has 8 heteroatoms. The van der Waals surface area contributed by atoms with Crippen molar-refractivity contribution in [1.29, 1.82) is 0 Å². The van der Waals surface area contributed by atoms with E-state index in [-0.39, 0.29) is 28.1 Å². The lowest BCUT2D eigenvalue weighted by atomic mass is 10.1. The topological polar surface area (TPSA) is 64.0 Å². The van der Waals surface area contributed by atoms with Gasteiger partial charge < -0.3 is 5.32 Å². The molecule has 0 aliphatic rings. The van der Waals surface area contributed by atoms with Crippen LogP contribution in [0.25, 0.3) is 16.6 Å². The van der Waals surface area contributed by atoms with Crippen molar-refractivity contribution >= 4 is 40.2 Å². The molecule has 0 saturated carbocycles. The zero-order chi connectivity index (χ0) is 22.5. The van der Waals surface area contributed by atoms with Crippen molar-refractivity contribution in [3.8, 4) is 5.69 Å². The Balaban J connectivity index is 1.52. The molecule has 0 fully saturated rings. The van der Waals surface area contributed by atoms with Gasteiger partial charge in [-0.3, -0.25) is 14.2 Å². The number of halogens is 2. The normalized spacial score (nSPS) is 10.9. The van der Waals surface area contributed by atoms with Crippen LogP contribution in [-0.2, 0) is 11.2 Å². The number of amides is 1. The van der Waals surface area contributed by atoms with Crippen molar-refractivity contribution < 1.29 is 9.18 Å². The van der Waals surface area contributed by atoms with E-state index in [2.05, 4.69) is 10.3 Å². The molecule has 0 spiro atoms. The summed E-state index contributed by atoms with van der Waals surface area (Å²) in [6, 6.07) is 20.3. The minimum Gasteiger partial charge on any atom is -0.355 e. The number of hydrogen-bond acceptors (Lipinski definition) is 4. The average molecular weight is 468 g/mol. The number of thioether (sulfide) groups is 1. The number of nitrogens with zero attached hydrogens (tertiary/aromatic N) is 2. The van der Waals surface area contributed by atoms with Crippen molar-refractivity contribution in [3.63, 3.8) is 0 Å². The monoisotopic (exact) mass is 467 g/mol. The third-order valence-electron chi connectivity index (χ3n) is 4.82. The van der Waals surface area contributed by atoms with E-state index in [0.29, 0.717) is 28.9 Å². The predicted octanol–water partition coefficient (Wildman–Crippen LogP) is 4.63. The number of aromatic nitrogens is 2. The Bertz CT molecular complexity index is 1330. The highest BCUT2D eigenvalue weighted by Crippen LogP contribution is 2.22. The number of carbonyl (C=O) groups excluding carboxylic acids is 1. The Morgan fingerprint density at radius 3 is 2.53 bits per heavy atom. The molecule has 5 nitrogen and oxygen atoms in total. The Kier molecular flexibility index (Phi) is 6.87. The molecule has 0 aliphatic heterocycles.